The van der Waals surface area contributed by atoms with Crippen molar-refractivity contribution in [1.82, 2.24) is 0 Å². The molecule has 4 rings (SSSR count). The second-order valence-electron chi connectivity index (χ2n) is 4.90. The maximum Gasteiger partial charge on any atom is 4.00 e. The third kappa shape index (κ3) is 14.9. The van der Waals surface area contributed by atoms with E-state index in [1.807, 2.05) is 121 Å². The molecule has 25 heavy (non-hydrogen) atoms. The molecule has 0 aliphatic rings. The molecule has 0 aliphatic heterocycles. The fourth-order valence-electron chi connectivity index (χ4n) is 1.60. The van der Waals surface area contributed by atoms with Crippen molar-refractivity contribution in [3.8, 4) is 0 Å². The monoisotopic (exact) mass is 360 g/mol. The van der Waals surface area contributed by atoms with Crippen LogP contribution in [0, 0.1) is 13.8 Å². The van der Waals surface area contributed by atoms with E-state index < -0.39 is 0 Å². The van der Waals surface area contributed by atoms with Crippen molar-refractivity contribution >= 4 is 0 Å². The van der Waals surface area contributed by atoms with Crippen LogP contribution in [0.4, 0.5) is 0 Å². The summed E-state index contributed by atoms with van der Waals surface area (Å²) >= 11 is 0. The first-order chi connectivity index (χ1) is 11.8. The van der Waals surface area contributed by atoms with E-state index in [1.54, 1.807) is 0 Å². The molecule has 0 unspecified atom stereocenters. The van der Waals surface area contributed by atoms with E-state index in [-0.39, 0.29) is 21.7 Å². The SMILES string of the molecule is [CH2-]c1ccccc1.[CH2-]c1ccccc1.[Ti+4].c1cc[cH-]c1.c1cc[cH-]c1. The van der Waals surface area contributed by atoms with Crippen molar-refractivity contribution in [2.24, 2.45) is 0 Å². The van der Waals surface area contributed by atoms with Crippen LogP contribution in [-0.4, -0.2) is 0 Å². The summed E-state index contributed by atoms with van der Waals surface area (Å²) in [6.07, 6.45) is 0. The van der Waals surface area contributed by atoms with Gasteiger partial charge in [-0.2, -0.15) is 85.6 Å². The van der Waals surface area contributed by atoms with E-state index >= 15 is 0 Å². The summed E-state index contributed by atoms with van der Waals surface area (Å²) in [7, 11) is 0. The Hall–Kier alpha value is -2.41. The predicted octanol–water partition coefficient (Wildman–Crippen LogP) is 6.55. The molecule has 0 N–H and O–H groups in total. The minimum absolute atomic E-state index is 0. The Labute approximate surface area is 167 Å². The summed E-state index contributed by atoms with van der Waals surface area (Å²) < 4.78 is 0. The summed E-state index contributed by atoms with van der Waals surface area (Å²) in [6, 6.07) is 39.7. The van der Waals surface area contributed by atoms with Crippen molar-refractivity contribution in [2.75, 3.05) is 0 Å². The number of rotatable bonds is 0. The van der Waals surface area contributed by atoms with E-state index in [0.717, 1.165) is 11.1 Å². The summed E-state index contributed by atoms with van der Waals surface area (Å²) in [5.74, 6) is 0. The summed E-state index contributed by atoms with van der Waals surface area (Å²) in [5.41, 5.74) is 2.14. The zero-order valence-corrected chi connectivity index (χ0v) is 16.0. The van der Waals surface area contributed by atoms with E-state index in [0.29, 0.717) is 0 Å². The second-order valence-corrected chi connectivity index (χ2v) is 4.90. The third-order valence-electron chi connectivity index (χ3n) is 2.80. The van der Waals surface area contributed by atoms with Crippen LogP contribution >= 0.6 is 0 Å². The van der Waals surface area contributed by atoms with Crippen LogP contribution in [-0.2, 0) is 21.7 Å². The van der Waals surface area contributed by atoms with Crippen LogP contribution in [0.2, 0.25) is 0 Å². The van der Waals surface area contributed by atoms with Crippen LogP contribution in [0.1, 0.15) is 11.1 Å². The molecular formula is C24H24Ti. The van der Waals surface area contributed by atoms with Gasteiger partial charge in [0.1, 0.15) is 0 Å². The molecule has 0 spiro atoms. The summed E-state index contributed by atoms with van der Waals surface area (Å²) in [4.78, 5) is 0. The van der Waals surface area contributed by atoms with Crippen molar-refractivity contribution in [3.05, 3.63) is 146 Å². The zero-order chi connectivity index (χ0) is 17.3. The van der Waals surface area contributed by atoms with E-state index in [9.17, 15) is 0 Å². The van der Waals surface area contributed by atoms with Gasteiger partial charge in [0.25, 0.3) is 0 Å². The minimum atomic E-state index is 0. The maximum absolute atomic E-state index is 3.72. The molecule has 124 valence electrons. The molecule has 4 aromatic rings. The fourth-order valence-corrected chi connectivity index (χ4v) is 1.60. The Bertz CT molecular complexity index is 567. The molecule has 0 aromatic heterocycles. The number of hydrogen-bond acceptors (Lipinski definition) is 0. The van der Waals surface area contributed by atoms with Crippen LogP contribution in [0.3, 0.4) is 0 Å². The molecule has 0 fully saturated rings. The molecule has 0 saturated heterocycles. The van der Waals surface area contributed by atoms with Crippen LogP contribution in [0.5, 0.6) is 0 Å². The van der Waals surface area contributed by atoms with Gasteiger partial charge >= 0.3 is 21.7 Å². The molecule has 1 heteroatoms. The van der Waals surface area contributed by atoms with Crippen LogP contribution in [0.25, 0.3) is 0 Å². The van der Waals surface area contributed by atoms with Crippen LogP contribution < -0.4 is 0 Å². The molecule has 0 atom stereocenters. The van der Waals surface area contributed by atoms with Gasteiger partial charge in [-0.3, -0.25) is 0 Å². The maximum atomic E-state index is 3.72. The van der Waals surface area contributed by atoms with Gasteiger partial charge in [-0.05, 0) is 0 Å². The third-order valence-corrected chi connectivity index (χ3v) is 2.80. The average Bonchev–Trinajstić information content (AvgIpc) is 3.36. The topological polar surface area (TPSA) is 0 Å². The molecule has 0 aliphatic carbocycles. The van der Waals surface area contributed by atoms with Gasteiger partial charge in [0.15, 0.2) is 0 Å². The van der Waals surface area contributed by atoms with Gasteiger partial charge in [-0.25, -0.2) is 24.3 Å². The van der Waals surface area contributed by atoms with Gasteiger partial charge < -0.3 is 0 Å². The Morgan fingerprint density at radius 1 is 0.440 bits per heavy atom. The first-order valence-electron chi connectivity index (χ1n) is 7.86. The molecule has 0 saturated carbocycles. The van der Waals surface area contributed by atoms with Gasteiger partial charge in [0, 0.05) is 0 Å². The van der Waals surface area contributed by atoms with E-state index in [4.69, 9.17) is 0 Å². The van der Waals surface area contributed by atoms with Crippen LogP contribution in [0.15, 0.2) is 121 Å². The quantitative estimate of drug-likeness (QED) is 0.246. The molecule has 0 amide bonds. The molecule has 0 heterocycles. The van der Waals surface area contributed by atoms with Crippen molar-refractivity contribution in [3.63, 3.8) is 0 Å². The predicted molar refractivity (Wildman–Crippen MR) is 106 cm³/mol. The fraction of sp³-hybridized carbons (Fsp3) is 0. The molecule has 0 bridgehead atoms. The Kier molecular flexibility index (Phi) is 14.9. The first-order valence-corrected chi connectivity index (χ1v) is 7.86. The Morgan fingerprint density at radius 3 is 0.840 bits per heavy atom. The van der Waals surface area contributed by atoms with Gasteiger partial charge in [-0.15, -0.1) is 24.3 Å². The average molecular weight is 360 g/mol. The smallest absolute Gasteiger partial charge is 0.214 e. The summed E-state index contributed by atoms with van der Waals surface area (Å²) in [6.45, 7) is 7.44. The largest absolute Gasteiger partial charge is 4.00 e. The van der Waals surface area contributed by atoms with Gasteiger partial charge in [-0.1, -0.05) is 12.1 Å². The Morgan fingerprint density at radius 2 is 0.720 bits per heavy atom. The molecule has 4 aromatic carbocycles. The molecular weight excluding hydrogens is 336 g/mol. The van der Waals surface area contributed by atoms with Crippen molar-refractivity contribution < 1.29 is 21.7 Å². The molecule has 0 nitrogen and oxygen atoms in total. The molecule has 0 radical (unpaired) electrons. The van der Waals surface area contributed by atoms with Gasteiger partial charge in [0.05, 0.1) is 0 Å². The standard InChI is InChI=1S/2C7H7.2C5H5.Ti/c2*1-7-5-3-2-4-6-7;2*1-2-4-5-3-1;/h2*2-6H,1H2;2*1-5H;/q4*-1;+4. The minimum Gasteiger partial charge on any atom is -0.214 e. The van der Waals surface area contributed by atoms with Crippen molar-refractivity contribution in [1.29, 1.82) is 0 Å². The van der Waals surface area contributed by atoms with E-state index in [2.05, 4.69) is 13.8 Å². The summed E-state index contributed by atoms with van der Waals surface area (Å²) in [5, 5.41) is 0. The normalized spacial score (nSPS) is 8.00. The zero-order valence-electron chi connectivity index (χ0n) is 14.5. The number of benzene rings is 2. The Balaban J connectivity index is 0.000000307. The second kappa shape index (κ2) is 16.5. The van der Waals surface area contributed by atoms with Crippen molar-refractivity contribution in [2.45, 2.75) is 0 Å². The van der Waals surface area contributed by atoms with E-state index in [1.165, 1.54) is 0 Å². The first kappa shape index (κ1) is 22.6. The number of hydrogen-bond donors (Lipinski definition) is 0. The van der Waals surface area contributed by atoms with Gasteiger partial charge in [0.2, 0.25) is 0 Å².